The summed E-state index contributed by atoms with van der Waals surface area (Å²) in [7, 11) is 0. The molecule has 1 N–H and O–H groups in total. The molecule has 0 fully saturated rings. The smallest absolute Gasteiger partial charge is 0.104 e. The maximum atomic E-state index is 8.98. The molecule has 0 amide bonds. The van der Waals surface area contributed by atoms with Crippen LogP contribution in [0.1, 0.15) is 24.5 Å². The number of nitriles is 1. The molecule has 92 valence electrons. The van der Waals surface area contributed by atoms with Gasteiger partial charge in [0.1, 0.15) is 6.04 Å². The number of nitrogens with zero attached hydrogens (tertiary/aromatic N) is 1. The molecule has 1 rings (SSSR count). The lowest BCUT2D eigenvalue weighted by Crippen LogP contribution is -2.30. The van der Waals surface area contributed by atoms with E-state index < -0.39 is 0 Å². The summed E-state index contributed by atoms with van der Waals surface area (Å²) < 4.78 is 0. The molecule has 0 bridgehead atoms. The molecule has 3 heteroatoms. The van der Waals surface area contributed by atoms with E-state index in [4.69, 9.17) is 5.26 Å². The number of benzene rings is 1. The maximum absolute atomic E-state index is 8.98. The Bertz CT molecular complexity index is 371. The van der Waals surface area contributed by atoms with Crippen LogP contribution in [0.25, 0.3) is 0 Å². The molecule has 0 aliphatic rings. The molecule has 0 saturated heterocycles. The van der Waals surface area contributed by atoms with Crippen molar-refractivity contribution < 1.29 is 0 Å². The Labute approximate surface area is 108 Å². The minimum atomic E-state index is -0.0241. The Hall–Kier alpha value is -0.980. The first kappa shape index (κ1) is 14.1. The van der Waals surface area contributed by atoms with Gasteiger partial charge in [0, 0.05) is 11.5 Å². The Morgan fingerprint density at radius 3 is 2.82 bits per heavy atom. The standard InChI is InChI=1S/C14H20N2S/c1-3-8-16-14(9-15)11-17-10-13-7-5-4-6-12(13)2/h4-7,14,16H,3,8,10-11H2,1-2H3. The maximum Gasteiger partial charge on any atom is 0.104 e. The van der Waals surface area contributed by atoms with Gasteiger partial charge >= 0.3 is 0 Å². The number of thioether (sulfide) groups is 1. The van der Waals surface area contributed by atoms with Crippen LogP contribution in [0.4, 0.5) is 0 Å². The molecule has 0 heterocycles. The number of hydrogen-bond acceptors (Lipinski definition) is 3. The highest BCUT2D eigenvalue weighted by Crippen LogP contribution is 2.16. The van der Waals surface area contributed by atoms with E-state index in [1.165, 1.54) is 11.1 Å². The highest BCUT2D eigenvalue weighted by atomic mass is 32.2. The van der Waals surface area contributed by atoms with Gasteiger partial charge in [0.15, 0.2) is 0 Å². The number of rotatable bonds is 7. The van der Waals surface area contributed by atoms with Crippen LogP contribution >= 0.6 is 11.8 Å². The van der Waals surface area contributed by atoms with E-state index in [-0.39, 0.29) is 6.04 Å². The average molecular weight is 248 g/mol. The van der Waals surface area contributed by atoms with Crippen LogP contribution in [0.5, 0.6) is 0 Å². The molecule has 1 atom stereocenters. The van der Waals surface area contributed by atoms with E-state index in [9.17, 15) is 0 Å². The van der Waals surface area contributed by atoms with E-state index in [2.05, 4.69) is 49.5 Å². The number of aryl methyl sites for hydroxylation is 1. The normalized spacial score (nSPS) is 12.1. The van der Waals surface area contributed by atoms with Crippen molar-refractivity contribution in [1.82, 2.24) is 5.32 Å². The minimum Gasteiger partial charge on any atom is -0.301 e. The van der Waals surface area contributed by atoms with Crippen LogP contribution < -0.4 is 5.32 Å². The third-order valence-corrected chi connectivity index (χ3v) is 3.68. The van der Waals surface area contributed by atoms with Gasteiger partial charge in [-0.25, -0.2) is 0 Å². The Morgan fingerprint density at radius 2 is 2.18 bits per heavy atom. The molecule has 1 unspecified atom stereocenters. The quantitative estimate of drug-likeness (QED) is 0.805. The summed E-state index contributed by atoms with van der Waals surface area (Å²) in [5.41, 5.74) is 2.69. The first-order valence-electron chi connectivity index (χ1n) is 6.03. The van der Waals surface area contributed by atoms with Crippen molar-refractivity contribution in [3.8, 4) is 6.07 Å². The Balaban J connectivity index is 2.32. The van der Waals surface area contributed by atoms with Gasteiger partial charge in [-0.1, -0.05) is 31.2 Å². The zero-order valence-electron chi connectivity index (χ0n) is 10.6. The van der Waals surface area contributed by atoms with E-state index in [1.54, 1.807) is 0 Å². The summed E-state index contributed by atoms with van der Waals surface area (Å²) in [6.07, 6.45) is 1.07. The van der Waals surface area contributed by atoms with Gasteiger partial charge in [-0.3, -0.25) is 0 Å². The molecule has 0 radical (unpaired) electrons. The van der Waals surface area contributed by atoms with Crippen LogP contribution in [0, 0.1) is 18.3 Å². The van der Waals surface area contributed by atoms with Crippen molar-refractivity contribution in [3.63, 3.8) is 0 Å². The van der Waals surface area contributed by atoms with E-state index in [0.717, 1.165) is 24.5 Å². The molecule has 2 nitrogen and oxygen atoms in total. The third kappa shape index (κ3) is 5.25. The van der Waals surface area contributed by atoms with E-state index in [1.807, 2.05) is 11.8 Å². The number of nitrogens with one attached hydrogen (secondary N) is 1. The summed E-state index contributed by atoms with van der Waals surface area (Å²) in [6, 6.07) is 10.7. The van der Waals surface area contributed by atoms with Crippen molar-refractivity contribution >= 4 is 11.8 Å². The molecule has 0 spiro atoms. The fourth-order valence-corrected chi connectivity index (χ4v) is 2.61. The number of hydrogen-bond donors (Lipinski definition) is 1. The van der Waals surface area contributed by atoms with Crippen molar-refractivity contribution in [2.24, 2.45) is 0 Å². The van der Waals surface area contributed by atoms with Gasteiger partial charge in [-0.2, -0.15) is 17.0 Å². The average Bonchev–Trinajstić information content (AvgIpc) is 2.35. The molecule has 1 aromatic rings. The third-order valence-electron chi connectivity index (χ3n) is 2.60. The summed E-state index contributed by atoms with van der Waals surface area (Å²) in [6.45, 7) is 5.16. The van der Waals surface area contributed by atoms with Gasteiger partial charge in [-0.15, -0.1) is 0 Å². The van der Waals surface area contributed by atoms with Gasteiger partial charge < -0.3 is 5.32 Å². The van der Waals surface area contributed by atoms with Gasteiger partial charge in [0.2, 0.25) is 0 Å². The summed E-state index contributed by atoms with van der Waals surface area (Å²) in [5.74, 6) is 1.84. The zero-order valence-corrected chi connectivity index (χ0v) is 11.4. The van der Waals surface area contributed by atoms with Crippen molar-refractivity contribution in [2.75, 3.05) is 12.3 Å². The van der Waals surface area contributed by atoms with Crippen LogP contribution in [-0.2, 0) is 5.75 Å². The predicted octanol–water partition coefficient (Wildman–Crippen LogP) is 3.12. The van der Waals surface area contributed by atoms with E-state index in [0.29, 0.717) is 0 Å². The first-order chi connectivity index (χ1) is 8.27. The molecule has 17 heavy (non-hydrogen) atoms. The van der Waals surface area contributed by atoms with E-state index >= 15 is 0 Å². The summed E-state index contributed by atoms with van der Waals surface area (Å²) in [5, 5.41) is 12.2. The zero-order chi connectivity index (χ0) is 12.5. The fourth-order valence-electron chi connectivity index (χ4n) is 1.52. The minimum absolute atomic E-state index is 0.0241. The summed E-state index contributed by atoms with van der Waals surface area (Å²) in [4.78, 5) is 0. The molecule has 0 aliphatic carbocycles. The SMILES string of the molecule is CCCNC(C#N)CSCc1ccccc1C. The second kappa shape index (κ2) is 8.16. The van der Waals surface area contributed by atoms with Gasteiger partial charge in [0.25, 0.3) is 0 Å². The van der Waals surface area contributed by atoms with Crippen molar-refractivity contribution in [1.29, 1.82) is 5.26 Å². The first-order valence-corrected chi connectivity index (χ1v) is 7.18. The molecule has 0 aromatic heterocycles. The second-order valence-corrected chi connectivity index (χ2v) is 5.11. The molecular weight excluding hydrogens is 228 g/mol. The molecule has 0 aliphatic heterocycles. The lowest BCUT2D eigenvalue weighted by molar-refractivity contribution is 0.637. The highest BCUT2D eigenvalue weighted by Gasteiger charge is 2.06. The van der Waals surface area contributed by atoms with Crippen LogP contribution in [0.3, 0.4) is 0 Å². The molecule has 0 saturated carbocycles. The predicted molar refractivity (Wildman–Crippen MR) is 75.0 cm³/mol. The summed E-state index contributed by atoms with van der Waals surface area (Å²) >= 11 is 1.82. The lowest BCUT2D eigenvalue weighted by atomic mass is 10.1. The Kier molecular flexibility index (Phi) is 6.76. The topological polar surface area (TPSA) is 35.8 Å². The largest absolute Gasteiger partial charge is 0.301 e. The molecular formula is C14H20N2S. The Morgan fingerprint density at radius 1 is 1.41 bits per heavy atom. The van der Waals surface area contributed by atoms with Crippen molar-refractivity contribution in [3.05, 3.63) is 35.4 Å². The highest BCUT2D eigenvalue weighted by molar-refractivity contribution is 7.98. The fraction of sp³-hybridized carbons (Fsp3) is 0.500. The van der Waals surface area contributed by atoms with Crippen LogP contribution in [0.15, 0.2) is 24.3 Å². The molecule has 1 aromatic carbocycles. The monoisotopic (exact) mass is 248 g/mol. The van der Waals surface area contributed by atoms with Crippen LogP contribution in [-0.4, -0.2) is 18.3 Å². The van der Waals surface area contributed by atoms with Crippen molar-refractivity contribution in [2.45, 2.75) is 32.1 Å². The van der Waals surface area contributed by atoms with Gasteiger partial charge in [-0.05, 0) is 31.0 Å². The lowest BCUT2D eigenvalue weighted by Gasteiger charge is -2.11. The second-order valence-electron chi connectivity index (χ2n) is 4.08. The van der Waals surface area contributed by atoms with Gasteiger partial charge in [0.05, 0.1) is 6.07 Å². The van der Waals surface area contributed by atoms with Crippen LogP contribution in [0.2, 0.25) is 0 Å².